The predicted molar refractivity (Wildman–Crippen MR) is 80.8 cm³/mol. The average Bonchev–Trinajstić information content (AvgIpc) is 2.18. The van der Waals surface area contributed by atoms with Crippen LogP contribution in [0, 0.1) is 0 Å². The quantitative estimate of drug-likeness (QED) is 0.570. The predicted octanol–water partition coefficient (Wildman–Crippen LogP) is 4.67. The maximum Gasteiger partial charge on any atom is 0.188 e. The van der Waals surface area contributed by atoms with Crippen LogP contribution in [-0.4, -0.2) is 16.8 Å². The zero-order chi connectivity index (χ0) is 12.2. The molecule has 0 heterocycles. The van der Waals surface area contributed by atoms with E-state index >= 15 is 0 Å². The van der Waals surface area contributed by atoms with Gasteiger partial charge in [0.15, 0.2) is 6.42 Å². The Hall–Kier alpha value is 0.460. The third-order valence-electron chi connectivity index (χ3n) is 1.89. The van der Waals surface area contributed by atoms with Crippen LogP contribution in [0.2, 0.25) is 0 Å². The minimum atomic E-state index is -2.00. The van der Waals surface area contributed by atoms with Gasteiger partial charge in [0.1, 0.15) is 5.75 Å². The molecule has 0 N–H and O–H groups in total. The molecule has 0 saturated heterocycles. The smallest absolute Gasteiger partial charge is 0.188 e. The summed E-state index contributed by atoms with van der Waals surface area (Å²) in [7, 11) is 1.47. The van der Waals surface area contributed by atoms with Crippen LogP contribution in [-0.2, 0) is 11.8 Å². The molecule has 1 rings (SSSR count). The standard InChI is InChI=1S/C10H15BrNOPS2/c1-9(2)12(16-11)14(3,15)13-10-7-5-4-6-8-10/h4-9H,1-3H3. The summed E-state index contributed by atoms with van der Waals surface area (Å²) in [5, 5.41) is 0. The van der Waals surface area contributed by atoms with Crippen LogP contribution >= 0.6 is 31.6 Å². The zero-order valence-corrected chi connectivity index (χ0v) is 13.6. The van der Waals surface area contributed by atoms with Crippen molar-refractivity contribution < 1.29 is 4.52 Å². The monoisotopic (exact) mass is 339 g/mol. The number of halogens is 1. The van der Waals surface area contributed by atoms with Crippen LogP contribution in [0.5, 0.6) is 5.75 Å². The van der Waals surface area contributed by atoms with Gasteiger partial charge in [-0.3, -0.25) is 0 Å². The number of nitrogens with zero attached hydrogens (tertiary/aromatic N) is 1. The molecule has 2 nitrogen and oxygen atoms in total. The Labute approximate surface area is 114 Å². The Morgan fingerprint density at radius 2 is 1.94 bits per heavy atom. The third-order valence-corrected chi connectivity index (χ3v) is 8.03. The van der Waals surface area contributed by atoms with Gasteiger partial charge in [0.2, 0.25) is 0 Å². The van der Waals surface area contributed by atoms with Gasteiger partial charge in [0.25, 0.3) is 0 Å². The molecule has 0 aromatic heterocycles. The lowest BCUT2D eigenvalue weighted by atomic mass is 10.3. The van der Waals surface area contributed by atoms with E-state index in [0.717, 1.165) is 5.75 Å². The van der Waals surface area contributed by atoms with Gasteiger partial charge in [-0.2, -0.15) is 4.08 Å². The van der Waals surface area contributed by atoms with Gasteiger partial charge in [0.05, 0.1) is 0 Å². The summed E-state index contributed by atoms with van der Waals surface area (Å²) < 4.78 is 8.01. The van der Waals surface area contributed by atoms with Gasteiger partial charge in [-0.05, 0) is 37.8 Å². The molecule has 1 aromatic carbocycles. The fraction of sp³-hybridized carbons (Fsp3) is 0.400. The molecule has 90 valence electrons. The first-order valence-electron chi connectivity index (χ1n) is 4.88. The Morgan fingerprint density at radius 1 is 1.38 bits per heavy atom. The highest BCUT2D eigenvalue weighted by molar-refractivity contribution is 9.50. The van der Waals surface area contributed by atoms with Crippen LogP contribution in [0.25, 0.3) is 0 Å². The molecule has 0 fully saturated rings. The maximum absolute atomic E-state index is 5.92. The minimum absolute atomic E-state index is 0.337. The van der Waals surface area contributed by atoms with Gasteiger partial charge in [-0.25, -0.2) is 0 Å². The maximum atomic E-state index is 5.92. The second kappa shape index (κ2) is 6.41. The van der Waals surface area contributed by atoms with Gasteiger partial charge in [-0.1, -0.05) is 18.2 Å². The van der Waals surface area contributed by atoms with E-state index in [1.165, 1.54) is 10.4 Å². The molecule has 0 aliphatic heterocycles. The van der Waals surface area contributed by atoms with Crippen molar-refractivity contribution in [3.63, 3.8) is 0 Å². The second-order valence-electron chi connectivity index (χ2n) is 3.67. The summed E-state index contributed by atoms with van der Waals surface area (Å²) >= 11 is 8.98. The van der Waals surface area contributed by atoms with Crippen molar-refractivity contribution in [2.75, 3.05) is 6.66 Å². The topological polar surface area (TPSA) is 12.5 Å². The molecule has 0 radical (unpaired) electrons. The fourth-order valence-electron chi connectivity index (χ4n) is 1.27. The molecule has 0 bridgehead atoms. The first-order valence-corrected chi connectivity index (χ1v) is 10.6. The molecule has 0 aliphatic rings. The van der Waals surface area contributed by atoms with Gasteiger partial charge in [-0.15, -0.1) is 0 Å². The van der Waals surface area contributed by atoms with Crippen molar-refractivity contribution >= 4 is 43.4 Å². The zero-order valence-electron chi connectivity index (χ0n) is 9.46. The van der Waals surface area contributed by atoms with Crippen LogP contribution in [0.3, 0.4) is 0 Å². The van der Waals surface area contributed by atoms with E-state index in [-0.39, 0.29) is 0 Å². The molecule has 0 saturated carbocycles. The Morgan fingerprint density at radius 3 is 2.38 bits per heavy atom. The van der Waals surface area contributed by atoms with E-state index in [9.17, 15) is 0 Å². The van der Waals surface area contributed by atoms with E-state index in [1.807, 2.05) is 37.0 Å². The molecule has 16 heavy (non-hydrogen) atoms. The van der Waals surface area contributed by atoms with Gasteiger partial charge >= 0.3 is 0 Å². The van der Waals surface area contributed by atoms with Crippen molar-refractivity contribution in [3.05, 3.63) is 30.3 Å². The Bertz CT molecular complexity index is 374. The fourth-order valence-corrected chi connectivity index (χ4v) is 8.54. The third kappa shape index (κ3) is 4.04. The Balaban J connectivity index is 2.82. The first-order chi connectivity index (χ1) is 7.47. The molecule has 1 unspecified atom stereocenters. The molecule has 1 aromatic rings. The van der Waals surface area contributed by atoms with Crippen LogP contribution in [0.1, 0.15) is 13.8 Å². The van der Waals surface area contributed by atoms with Crippen LogP contribution < -0.4 is 4.52 Å². The van der Waals surface area contributed by atoms with Gasteiger partial charge in [0, 0.05) is 37.9 Å². The summed E-state index contributed by atoms with van der Waals surface area (Å²) in [6.07, 6.45) is -2.00. The molecule has 1 atom stereocenters. The number of benzene rings is 1. The minimum Gasteiger partial charge on any atom is -0.453 e. The van der Waals surface area contributed by atoms with Crippen molar-refractivity contribution in [1.29, 1.82) is 0 Å². The molecule has 6 heteroatoms. The molecular weight excluding hydrogens is 325 g/mol. The molecule has 0 spiro atoms. The van der Waals surface area contributed by atoms with E-state index in [4.69, 9.17) is 16.3 Å². The van der Waals surface area contributed by atoms with Crippen molar-refractivity contribution in [2.45, 2.75) is 19.9 Å². The lowest BCUT2D eigenvalue weighted by Gasteiger charge is -2.31. The van der Waals surface area contributed by atoms with Crippen molar-refractivity contribution in [3.8, 4) is 5.75 Å². The van der Waals surface area contributed by atoms with E-state index in [0.29, 0.717) is 6.04 Å². The van der Waals surface area contributed by atoms with Crippen molar-refractivity contribution in [2.24, 2.45) is 0 Å². The highest BCUT2D eigenvalue weighted by Gasteiger charge is 2.25. The lowest BCUT2D eigenvalue weighted by Crippen LogP contribution is -2.21. The number of para-hydroxylation sites is 1. The Kier molecular flexibility index (Phi) is 5.82. The number of rotatable bonds is 5. The summed E-state index contributed by atoms with van der Waals surface area (Å²) in [4.78, 5) is 0. The highest BCUT2D eigenvalue weighted by atomic mass is 79.9. The average molecular weight is 340 g/mol. The molecular formula is C10H15BrNOPS2. The summed E-state index contributed by atoms with van der Waals surface area (Å²) in [6.45, 7) is 6.20. The summed E-state index contributed by atoms with van der Waals surface area (Å²) in [6, 6.07) is 10.1. The second-order valence-corrected chi connectivity index (χ2v) is 9.60. The van der Waals surface area contributed by atoms with Crippen LogP contribution in [0.15, 0.2) is 30.3 Å². The normalized spacial score (nSPS) is 15.1. The van der Waals surface area contributed by atoms with E-state index in [2.05, 4.69) is 32.7 Å². The summed E-state index contributed by atoms with van der Waals surface area (Å²) in [5.41, 5.74) is 0. The molecule has 0 aliphatic carbocycles. The van der Waals surface area contributed by atoms with Gasteiger partial charge < -0.3 is 4.52 Å². The number of hydrogen-bond donors (Lipinski definition) is 0. The summed E-state index contributed by atoms with van der Waals surface area (Å²) in [5.74, 6) is 0.834. The van der Waals surface area contributed by atoms with E-state index in [1.54, 1.807) is 0 Å². The SMILES string of the molecule is CC(C)N(SBr)P(C)(=S)Oc1ccccc1. The number of hydrogen-bond acceptors (Lipinski definition) is 3. The van der Waals surface area contributed by atoms with Crippen LogP contribution in [0.4, 0.5) is 0 Å². The van der Waals surface area contributed by atoms with Crippen molar-refractivity contribution in [1.82, 2.24) is 4.08 Å². The first kappa shape index (κ1) is 14.5. The van der Waals surface area contributed by atoms with E-state index < -0.39 is 6.42 Å². The largest absolute Gasteiger partial charge is 0.453 e. The highest BCUT2D eigenvalue weighted by Crippen LogP contribution is 2.54. The lowest BCUT2D eigenvalue weighted by molar-refractivity contribution is 0.511. The molecule has 0 amide bonds.